The van der Waals surface area contributed by atoms with Crippen LogP contribution in [0, 0.1) is 11.3 Å². The highest BCUT2D eigenvalue weighted by Crippen LogP contribution is 2.38. The molecule has 0 N–H and O–H groups in total. The summed E-state index contributed by atoms with van der Waals surface area (Å²) in [4.78, 5) is 0. The van der Waals surface area contributed by atoms with Gasteiger partial charge in [-0.2, -0.15) is 5.26 Å². The molecular weight excluding hydrogens is 414 g/mol. The van der Waals surface area contributed by atoms with E-state index in [4.69, 9.17) is 9.47 Å². The van der Waals surface area contributed by atoms with Gasteiger partial charge in [0.1, 0.15) is 6.61 Å². The van der Waals surface area contributed by atoms with E-state index < -0.39 is 0 Å². The van der Waals surface area contributed by atoms with Crippen LogP contribution in [0.3, 0.4) is 0 Å². The van der Waals surface area contributed by atoms with Crippen LogP contribution in [0.2, 0.25) is 0 Å². The second-order valence-corrected chi connectivity index (χ2v) is 6.93. The summed E-state index contributed by atoms with van der Waals surface area (Å²) in [5.74, 6) is 1.30. The third-order valence-corrected chi connectivity index (χ3v) is 4.66. The van der Waals surface area contributed by atoms with Crippen molar-refractivity contribution in [1.82, 2.24) is 0 Å². The molecule has 3 aromatic rings. The molecule has 0 atom stereocenters. The summed E-state index contributed by atoms with van der Waals surface area (Å²) < 4.78 is 12.6. The maximum atomic E-state index is 9.56. The Balaban J connectivity index is 1.92. The maximum absolute atomic E-state index is 9.56. The molecule has 0 amide bonds. The Morgan fingerprint density at radius 1 is 1.00 bits per heavy atom. The lowest BCUT2D eigenvalue weighted by molar-refractivity contribution is 0.267. The number of hydrogen-bond acceptors (Lipinski definition) is 3. The van der Waals surface area contributed by atoms with E-state index in [2.05, 4.69) is 22.0 Å². The van der Waals surface area contributed by atoms with Gasteiger partial charge in [0.05, 0.1) is 22.7 Å². The van der Waals surface area contributed by atoms with Crippen molar-refractivity contribution in [3.63, 3.8) is 0 Å². The van der Waals surface area contributed by atoms with E-state index in [1.165, 1.54) is 0 Å². The first-order valence-electron chi connectivity index (χ1n) is 9.01. The quantitative estimate of drug-likeness (QED) is 0.315. The number of nitriles is 1. The molecule has 0 aromatic heterocycles. The van der Waals surface area contributed by atoms with Gasteiger partial charge < -0.3 is 9.47 Å². The molecule has 0 fully saturated rings. The lowest BCUT2D eigenvalue weighted by Crippen LogP contribution is -2.01. The highest BCUT2D eigenvalue weighted by atomic mass is 79.9. The summed E-state index contributed by atoms with van der Waals surface area (Å²) in [5.41, 5.74) is 3.41. The van der Waals surface area contributed by atoms with E-state index in [9.17, 15) is 5.26 Å². The minimum atomic E-state index is 0.447. The molecule has 0 aliphatic rings. The van der Waals surface area contributed by atoms with Crippen molar-refractivity contribution in [3.8, 4) is 17.6 Å². The monoisotopic (exact) mass is 433 g/mol. The van der Waals surface area contributed by atoms with Gasteiger partial charge in [-0.3, -0.25) is 0 Å². The summed E-state index contributed by atoms with van der Waals surface area (Å²) in [5, 5.41) is 9.56. The van der Waals surface area contributed by atoms with Gasteiger partial charge >= 0.3 is 0 Å². The van der Waals surface area contributed by atoms with Gasteiger partial charge in [-0.1, -0.05) is 60.7 Å². The van der Waals surface area contributed by atoms with E-state index in [0.29, 0.717) is 30.3 Å². The lowest BCUT2D eigenvalue weighted by Gasteiger charge is -2.15. The molecule has 140 valence electrons. The zero-order valence-electron chi connectivity index (χ0n) is 15.6. The Morgan fingerprint density at radius 3 is 2.32 bits per heavy atom. The summed E-state index contributed by atoms with van der Waals surface area (Å²) >= 11 is 3.59. The van der Waals surface area contributed by atoms with Crippen molar-refractivity contribution in [2.45, 2.75) is 13.5 Å². The van der Waals surface area contributed by atoms with Crippen LogP contribution in [-0.4, -0.2) is 6.61 Å². The highest BCUT2D eigenvalue weighted by molar-refractivity contribution is 9.10. The number of allylic oxidation sites excluding steroid dienone is 1. The standard InChI is InChI=1S/C24H20BrNO2/c1-2-27-23-15-19(13-21(16-26)20-11-7-4-8-12-20)14-22(25)24(23)28-17-18-9-5-3-6-10-18/h3-15H,2,17H2,1H3/b21-13-. The summed E-state index contributed by atoms with van der Waals surface area (Å²) in [6.07, 6.45) is 1.85. The first kappa shape index (κ1) is 19.7. The summed E-state index contributed by atoms with van der Waals surface area (Å²) in [6, 6.07) is 25.7. The molecule has 4 heteroatoms. The molecule has 0 saturated carbocycles. The second-order valence-electron chi connectivity index (χ2n) is 6.07. The molecular formula is C24H20BrNO2. The number of rotatable bonds is 7. The average Bonchev–Trinajstić information content (AvgIpc) is 2.73. The zero-order chi connectivity index (χ0) is 19.8. The highest BCUT2D eigenvalue weighted by Gasteiger charge is 2.13. The van der Waals surface area contributed by atoms with Crippen LogP contribution in [0.25, 0.3) is 11.6 Å². The van der Waals surface area contributed by atoms with Crippen LogP contribution in [0.5, 0.6) is 11.5 Å². The number of hydrogen-bond donors (Lipinski definition) is 0. The molecule has 28 heavy (non-hydrogen) atoms. The Hall–Kier alpha value is -3.03. The molecule has 0 spiro atoms. The molecule has 3 nitrogen and oxygen atoms in total. The lowest BCUT2D eigenvalue weighted by atomic mass is 10.0. The molecule has 0 heterocycles. The largest absolute Gasteiger partial charge is 0.490 e. The predicted octanol–water partition coefficient (Wildman–Crippen LogP) is 6.49. The maximum Gasteiger partial charge on any atom is 0.175 e. The van der Waals surface area contributed by atoms with Crippen LogP contribution in [0.15, 0.2) is 77.3 Å². The van der Waals surface area contributed by atoms with Crippen LogP contribution in [0.4, 0.5) is 0 Å². The number of ether oxygens (including phenoxy) is 2. The van der Waals surface area contributed by atoms with Gasteiger partial charge in [0.25, 0.3) is 0 Å². The fraction of sp³-hybridized carbons (Fsp3) is 0.125. The molecule has 0 unspecified atom stereocenters. The third kappa shape index (κ3) is 5.03. The smallest absolute Gasteiger partial charge is 0.175 e. The normalized spacial score (nSPS) is 11.0. The van der Waals surface area contributed by atoms with Gasteiger partial charge in [0.2, 0.25) is 0 Å². The molecule has 0 radical (unpaired) electrons. The topological polar surface area (TPSA) is 42.2 Å². The van der Waals surface area contributed by atoms with Crippen molar-refractivity contribution in [2.75, 3.05) is 6.61 Å². The second kappa shape index (κ2) is 9.77. The number of nitrogens with zero attached hydrogens (tertiary/aromatic N) is 1. The van der Waals surface area contributed by atoms with Gasteiger partial charge in [0, 0.05) is 0 Å². The predicted molar refractivity (Wildman–Crippen MR) is 116 cm³/mol. The summed E-state index contributed by atoms with van der Waals surface area (Å²) in [7, 11) is 0. The van der Waals surface area contributed by atoms with Gasteiger partial charge in [-0.25, -0.2) is 0 Å². The fourth-order valence-corrected chi connectivity index (χ4v) is 3.34. The Morgan fingerprint density at radius 2 is 1.68 bits per heavy atom. The van der Waals surface area contributed by atoms with E-state index in [-0.39, 0.29) is 0 Å². The Labute approximate surface area is 174 Å². The van der Waals surface area contributed by atoms with E-state index in [1.54, 1.807) is 0 Å². The van der Waals surface area contributed by atoms with Crippen LogP contribution in [-0.2, 0) is 6.61 Å². The molecule has 0 aliphatic carbocycles. The first-order chi connectivity index (χ1) is 13.7. The minimum absolute atomic E-state index is 0.447. The van der Waals surface area contributed by atoms with Crippen molar-refractivity contribution in [2.24, 2.45) is 0 Å². The van der Waals surface area contributed by atoms with Crippen molar-refractivity contribution >= 4 is 27.6 Å². The van der Waals surface area contributed by atoms with Gasteiger partial charge in [-0.05, 0) is 57.8 Å². The SMILES string of the molecule is CCOc1cc(/C=C(/C#N)c2ccccc2)cc(Br)c1OCc1ccccc1. The Kier molecular flexibility index (Phi) is 6.89. The van der Waals surface area contributed by atoms with E-state index in [1.807, 2.05) is 85.8 Å². The third-order valence-electron chi connectivity index (χ3n) is 4.07. The van der Waals surface area contributed by atoms with E-state index in [0.717, 1.165) is 21.2 Å². The van der Waals surface area contributed by atoms with Crippen LogP contribution in [0.1, 0.15) is 23.6 Å². The van der Waals surface area contributed by atoms with Crippen LogP contribution < -0.4 is 9.47 Å². The molecule has 0 bridgehead atoms. The van der Waals surface area contributed by atoms with Crippen molar-refractivity contribution in [1.29, 1.82) is 5.26 Å². The molecule has 0 saturated heterocycles. The van der Waals surface area contributed by atoms with Crippen molar-refractivity contribution in [3.05, 3.63) is 94.0 Å². The molecule has 3 aromatic carbocycles. The Bertz CT molecular complexity index is 992. The molecule has 3 rings (SSSR count). The van der Waals surface area contributed by atoms with Crippen molar-refractivity contribution < 1.29 is 9.47 Å². The van der Waals surface area contributed by atoms with E-state index >= 15 is 0 Å². The number of halogens is 1. The number of benzene rings is 3. The van der Waals surface area contributed by atoms with Crippen LogP contribution >= 0.6 is 15.9 Å². The summed E-state index contributed by atoms with van der Waals surface area (Å²) in [6.45, 7) is 2.90. The molecule has 0 aliphatic heterocycles. The van der Waals surface area contributed by atoms with Gasteiger partial charge in [0.15, 0.2) is 11.5 Å². The van der Waals surface area contributed by atoms with Gasteiger partial charge in [-0.15, -0.1) is 0 Å². The fourth-order valence-electron chi connectivity index (χ4n) is 2.77. The first-order valence-corrected chi connectivity index (χ1v) is 9.81. The average molecular weight is 434 g/mol. The zero-order valence-corrected chi connectivity index (χ0v) is 17.1. The minimum Gasteiger partial charge on any atom is -0.490 e.